The lowest BCUT2D eigenvalue weighted by Crippen LogP contribution is -2.28. The Morgan fingerprint density at radius 1 is 1.24 bits per heavy atom. The van der Waals surface area contributed by atoms with Crippen molar-refractivity contribution in [3.63, 3.8) is 0 Å². The molecule has 0 saturated heterocycles. The fraction of sp³-hybridized carbons (Fsp3) is 0.235. The third-order valence-electron chi connectivity index (χ3n) is 3.58. The van der Waals surface area contributed by atoms with Gasteiger partial charge in [0.15, 0.2) is 0 Å². The van der Waals surface area contributed by atoms with Gasteiger partial charge in [-0.25, -0.2) is 21.9 Å². The topological polar surface area (TPSA) is 63.7 Å². The van der Waals surface area contributed by atoms with Crippen molar-refractivity contribution in [2.75, 3.05) is 14.2 Å². The quantitative estimate of drug-likeness (QED) is 0.716. The van der Waals surface area contributed by atoms with E-state index in [4.69, 9.17) is 11.6 Å². The molecule has 0 N–H and O–H groups in total. The summed E-state index contributed by atoms with van der Waals surface area (Å²) in [4.78, 5) is 11.5. The number of esters is 1. The molecule has 0 amide bonds. The highest BCUT2D eigenvalue weighted by molar-refractivity contribution is 7.88. The Labute approximate surface area is 151 Å². The van der Waals surface area contributed by atoms with Crippen LogP contribution >= 0.6 is 11.6 Å². The number of hydrogen-bond donors (Lipinski definition) is 0. The molecule has 0 spiro atoms. The largest absolute Gasteiger partial charge is 0.465 e. The Hall–Kier alpha value is -1.96. The molecule has 0 unspecified atom stereocenters. The number of rotatable bonds is 6. The zero-order chi connectivity index (χ0) is 18.6. The van der Waals surface area contributed by atoms with Crippen molar-refractivity contribution >= 4 is 27.6 Å². The maximum atomic E-state index is 13.1. The van der Waals surface area contributed by atoms with Crippen molar-refractivity contribution in [2.45, 2.75) is 12.3 Å². The number of halogens is 2. The van der Waals surface area contributed by atoms with E-state index in [-0.39, 0.29) is 22.9 Å². The average molecular weight is 386 g/mol. The number of benzene rings is 2. The van der Waals surface area contributed by atoms with Gasteiger partial charge in [0.25, 0.3) is 0 Å². The molecular formula is C17H17ClFNO4S. The van der Waals surface area contributed by atoms with E-state index in [9.17, 15) is 17.6 Å². The van der Waals surface area contributed by atoms with Crippen molar-refractivity contribution in [3.05, 3.63) is 70.0 Å². The molecule has 5 nitrogen and oxygen atoms in total. The van der Waals surface area contributed by atoms with Crippen molar-refractivity contribution in [3.8, 4) is 0 Å². The SMILES string of the molecule is COC(=O)c1cccc(CS(=O)(=O)N(C)Cc2ccc(F)cc2Cl)c1. The lowest BCUT2D eigenvalue weighted by molar-refractivity contribution is 0.0600. The highest BCUT2D eigenvalue weighted by Gasteiger charge is 2.20. The molecule has 0 fully saturated rings. The van der Waals surface area contributed by atoms with Crippen LogP contribution in [0.4, 0.5) is 4.39 Å². The lowest BCUT2D eigenvalue weighted by Gasteiger charge is -2.18. The van der Waals surface area contributed by atoms with Gasteiger partial charge in [-0.15, -0.1) is 0 Å². The van der Waals surface area contributed by atoms with Crippen molar-refractivity contribution < 1.29 is 22.3 Å². The summed E-state index contributed by atoms with van der Waals surface area (Å²) in [6.07, 6.45) is 0. The van der Waals surface area contributed by atoms with E-state index in [0.29, 0.717) is 11.1 Å². The standard InChI is InChI=1S/C17H17ClFNO4S/c1-20(10-14-6-7-15(19)9-16(14)18)25(22,23)11-12-4-3-5-13(8-12)17(21)24-2/h3-9H,10-11H2,1-2H3. The first kappa shape index (κ1) is 19.4. The third-order valence-corrected chi connectivity index (χ3v) is 5.71. The van der Waals surface area contributed by atoms with Crippen LogP contribution < -0.4 is 0 Å². The van der Waals surface area contributed by atoms with Crippen molar-refractivity contribution in [1.29, 1.82) is 0 Å². The average Bonchev–Trinajstić information content (AvgIpc) is 2.56. The van der Waals surface area contributed by atoms with Gasteiger partial charge in [0.2, 0.25) is 10.0 Å². The summed E-state index contributed by atoms with van der Waals surface area (Å²) in [6.45, 7) is 0.0120. The molecule has 0 aromatic heterocycles. The van der Waals surface area contributed by atoms with E-state index in [2.05, 4.69) is 4.74 Å². The van der Waals surface area contributed by atoms with Crippen molar-refractivity contribution in [2.24, 2.45) is 0 Å². The van der Waals surface area contributed by atoms with Crippen LogP contribution in [0.2, 0.25) is 5.02 Å². The molecule has 0 aliphatic heterocycles. The molecule has 0 aliphatic rings. The predicted molar refractivity (Wildman–Crippen MR) is 93.3 cm³/mol. The Balaban J connectivity index is 2.16. The highest BCUT2D eigenvalue weighted by Crippen LogP contribution is 2.21. The minimum absolute atomic E-state index is 0.0120. The maximum Gasteiger partial charge on any atom is 0.337 e. The number of carbonyl (C=O) groups is 1. The molecule has 0 heterocycles. The number of sulfonamides is 1. The van der Waals surface area contributed by atoms with Crippen LogP contribution in [-0.2, 0) is 27.1 Å². The Morgan fingerprint density at radius 3 is 2.60 bits per heavy atom. The first-order valence-corrected chi connectivity index (χ1v) is 9.27. The van der Waals surface area contributed by atoms with Gasteiger partial charge in [-0.3, -0.25) is 0 Å². The predicted octanol–water partition coefficient (Wildman–Crippen LogP) is 3.23. The summed E-state index contributed by atoms with van der Waals surface area (Å²) in [5.74, 6) is -1.31. The van der Waals surface area contributed by atoms with Gasteiger partial charge in [-0.2, -0.15) is 0 Å². The molecule has 2 rings (SSSR count). The molecule has 0 radical (unpaired) electrons. The third kappa shape index (κ3) is 5.01. The summed E-state index contributed by atoms with van der Waals surface area (Å²) >= 11 is 5.94. The highest BCUT2D eigenvalue weighted by atomic mass is 35.5. The summed E-state index contributed by atoms with van der Waals surface area (Å²) in [5, 5.41) is 0.162. The number of nitrogens with zero attached hydrogens (tertiary/aromatic N) is 1. The Bertz CT molecular complexity index is 886. The van der Waals surface area contributed by atoms with E-state index >= 15 is 0 Å². The van der Waals surface area contributed by atoms with Gasteiger partial charge in [0, 0.05) is 18.6 Å². The minimum Gasteiger partial charge on any atom is -0.465 e. The van der Waals surface area contributed by atoms with Crippen LogP contribution in [0.15, 0.2) is 42.5 Å². The summed E-state index contributed by atoms with van der Waals surface area (Å²) in [5.41, 5.74) is 1.23. The van der Waals surface area contributed by atoms with Gasteiger partial charge in [-0.05, 0) is 35.4 Å². The number of hydrogen-bond acceptors (Lipinski definition) is 4. The van der Waals surface area contributed by atoms with Gasteiger partial charge in [-0.1, -0.05) is 29.8 Å². The van der Waals surface area contributed by atoms with Gasteiger partial charge in [0.05, 0.1) is 18.4 Å². The minimum atomic E-state index is -3.66. The molecule has 0 saturated carbocycles. The van der Waals surface area contributed by atoms with Crippen LogP contribution in [0.1, 0.15) is 21.5 Å². The maximum absolute atomic E-state index is 13.1. The van der Waals surface area contributed by atoms with Gasteiger partial charge >= 0.3 is 5.97 Å². The van der Waals surface area contributed by atoms with Gasteiger partial charge < -0.3 is 4.74 Å². The summed E-state index contributed by atoms with van der Waals surface area (Å²) < 4.78 is 43.9. The number of carbonyl (C=O) groups excluding carboxylic acids is 1. The summed E-state index contributed by atoms with van der Waals surface area (Å²) in [7, 11) is -0.987. The Kier molecular flexibility index (Phi) is 6.16. The van der Waals surface area contributed by atoms with E-state index in [1.807, 2.05) is 0 Å². The second-order valence-electron chi connectivity index (χ2n) is 5.44. The first-order chi connectivity index (χ1) is 11.7. The lowest BCUT2D eigenvalue weighted by atomic mass is 10.1. The van der Waals surface area contributed by atoms with Crippen LogP contribution in [0.3, 0.4) is 0 Å². The molecular weight excluding hydrogens is 369 g/mol. The number of ether oxygens (including phenoxy) is 1. The van der Waals surface area contributed by atoms with E-state index in [1.54, 1.807) is 18.2 Å². The molecule has 2 aromatic rings. The first-order valence-electron chi connectivity index (χ1n) is 7.28. The van der Waals surface area contributed by atoms with Crippen LogP contribution in [0.5, 0.6) is 0 Å². The molecule has 134 valence electrons. The van der Waals surface area contributed by atoms with E-state index in [1.165, 1.54) is 32.4 Å². The molecule has 8 heteroatoms. The van der Waals surface area contributed by atoms with Gasteiger partial charge in [0.1, 0.15) is 5.82 Å². The van der Waals surface area contributed by atoms with E-state index < -0.39 is 21.8 Å². The zero-order valence-corrected chi connectivity index (χ0v) is 15.3. The molecule has 25 heavy (non-hydrogen) atoms. The smallest absolute Gasteiger partial charge is 0.337 e. The molecule has 0 aliphatic carbocycles. The normalized spacial score (nSPS) is 11.6. The fourth-order valence-electron chi connectivity index (χ4n) is 2.21. The Morgan fingerprint density at radius 2 is 1.96 bits per heavy atom. The molecule has 0 bridgehead atoms. The summed E-state index contributed by atoms with van der Waals surface area (Å²) in [6, 6.07) is 10.0. The van der Waals surface area contributed by atoms with Crippen LogP contribution in [0, 0.1) is 5.82 Å². The fourth-order valence-corrected chi connectivity index (χ4v) is 3.60. The molecule has 2 aromatic carbocycles. The number of methoxy groups -OCH3 is 1. The second kappa shape index (κ2) is 7.95. The zero-order valence-electron chi connectivity index (χ0n) is 13.7. The van der Waals surface area contributed by atoms with E-state index in [0.717, 1.165) is 10.4 Å². The second-order valence-corrected chi connectivity index (χ2v) is 7.92. The van der Waals surface area contributed by atoms with Crippen LogP contribution in [0.25, 0.3) is 0 Å². The molecule has 0 atom stereocenters. The van der Waals surface area contributed by atoms with Crippen molar-refractivity contribution in [1.82, 2.24) is 4.31 Å². The van der Waals surface area contributed by atoms with Crippen LogP contribution in [-0.4, -0.2) is 32.8 Å². The monoisotopic (exact) mass is 385 g/mol.